The summed E-state index contributed by atoms with van der Waals surface area (Å²) in [7, 11) is 1.82. The molecule has 0 saturated heterocycles. The highest BCUT2D eigenvalue weighted by Crippen LogP contribution is 2.27. The van der Waals surface area contributed by atoms with Crippen molar-refractivity contribution in [1.29, 1.82) is 0 Å². The monoisotopic (exact) mass is 272 g/mol. The first-order chi connectivity index (χ1) is 9.76. The molecule has 0 aliphatic carbocycles. The summed E-state index contributed by atoms with van der Waals surface area (Å²) in [6.07, 6.45) is 0.950. The second-order valence-electron chi connectivity index (χ2n) is 4.60. The summed E-state index contributed by atoms with van der Waals surface area (Å²) >= 11 is 0. The van der Waals surface area contributed by atoms with Crippen LogP contribution in [0.4, 0.5) is 0 Å². The lowest BCUT2D eigenvalue weighted by Gasteiger charge is -2.11. The molecule has 0 saturated carbocycles. The lowest BCUT2D eigenvalue weighted by atomic mass is 10.1. The van der Waals surface area contributed by atoms with Crippen molar-refractivity contribution in [2.45, 2.75) is 19.9 Å². The summed E-state index contributed by atoms with van der Waals surface area (Å²) in [5.74, 6) is 0.798. The Morgan fingerprint density at radius 2 is 2.00 bits per heavy atom. The maximum absolute atomic E-state index is 12.0. The van der Waals surface area contributed by atoms with Crippen LogP contribution in [0.25, 0.3) is 11.3 Å². The van der Waals surface area contributed by atoms with Gasteiger partial charge in [-0.2, -0.15) is 0 Å². The molecule has 2 N–H and O–H groups in total. The molecule has 0 aliphatic heterocycles. The molecule has 0 radical (unpaired) electrons. The molecule has 1 heterocycles. The van der Waals surface area contributed by atoms with E-state index in [4.69, 9.17) is 4.74 Å². The molecule has 1 aromatic carbocycles. The normalized spacial score (nSPS) is 10.5. The van der Waals surface area contributed by atoms with Crippen molar-refractivity contribution < 1.29 is 4.74 Å². The number of hydrogen-bond donors (Lipinski definition) is 2. The van der Waals surface area contributed by atoms with Crippen molar-refractivity contribution in [3.8, 4) is 17.0 Å². The highest BCUT2D eigenvalue weighted by molar-refractivity contribution is 5.66. The fraction of sp³-hybridized carbons (Fsp3) is 0.312. The molecule has 1 aromatic heterocycles. The van der Waals surface area contributed by atoms with E-state index >= 15 is 0 Å². The Balaban J connectivity index is 2.36. The Labute approximate surface area is 118 Å². The van der Waals surface area contributed by atoms with Crippen molar-refractivity contribution in [3.63, 3.8) is 0 Å². The van der Waals surface area contributed by atoms with Crippen molar-refractivity contribution in [3.05, 3.63) is 52.3 Å². The van der Waals surface area contributed by atoms with Gasteiger partial charge in [-0.1, -0.05) is 25.1 Å². The van der Waals surface area contributed by atoms with E-state index in [9.17, 15) is 4.79 Å². The van der Waals surface area contributed by atoms with Crippen LogP contribution < -0.4 is 15.6 Å². The zero-order valence-electron chi connectivity index (χ0n) is 11.9. The van der Waals surface area contributed by atoms with E-state index in [-0.39, 0.29) is 5.56 Å². The summed E-state index contributed by atoms with van der Waals surface area (Å²) in [5, 5.41) is 2.98. The molecule has 0 unspecified atom stereocenters. The molecule has 0 fully saturated rings. The van der Waals surface area contributed by atoms with E-state index in [0.29, 0.717) is 13.2 Å². The SMILES string of the molecule is CCCOc1ccccc1-c1ccc(CNC)c(=O)[nH]1. The maximum Gasteiger partial charge on any atom is 0.252 e. The zero-order valence-corrected chi connectivity index (χ0v) is 11.9. The predicted molar refractivity (Wildman–Crippen MR) is 81.0 cm³/mol. The number of aromatic amines is 1. The Bertz CT molecular complexity index is 620. The van der Waals surface area contributed by atoms with Gasteiger partial charge in [0.05, 0.1) is 12.3 Å². The zero-order chi connectivity index (χ0) is 14.4. The van der Waals surface area contributed by atoms with Gasteiger partial charge in [-0.05, 0) is 31.7 Å². The highest BCUT2D eigenvalue weighted by atomic mass is 16.5. The number of benzene rings is 1. The minimum Gasteiger partial charge on any atom is -0.493 e. The smallest absolute Gasteiger partial charge is 0.252 e. The van der Waals surface area contributed by atoms with Gasteiger partial charge in [0.15, 0.2) is 0 Å². The van der Waals surface area contributed by atoms with Crippen molar-refractivity contribution in [1.82, 2.24) is 10.3 Å². The van der Waals surface area contributed by atoms with Crippen LogP contribution in [0.1, 0.15) is 18.9 Å². The fourth-order valence-electron chi connectivity index (χ4n) is 2.02. The summed E-state index contributed by atoms with van der Waals surface area (Å²) in [6, 6.07) is 11.5. The molecule has 20 heavy (non-hydrogen) atoms. The molecular weight excluding hydrogens is 252 g/mol. The van der Waals surface area contributed by atoms with Gasteiger partial charge in [0, 0.05) is 17.7 Å². The first-order valence-electron chi connectivity index (χ1n) is 6.85. The van der Waals surface area contributed by atoms with Crippen molar-refractivity contribution in [2.24, 2.45) is 0 Å². The molecule has 2 aromatic rings. The number of para-hydroxylation sites is 1. The van der Waals surface area contributed by atoms with Gasteiger partial charge in [-0.3, -0.25) is 4.79 Å². The highest BCUT2D eigenvalue weighted by Gasteiger charge is 2.08. The average molecular weight is 272 g/mol. The van der Waals surface area contributed by atoms with Crippen LogP contribution in [0.5, 0.6) is 5.75 Å². The predicted octanol–water partition coefficient (Wildman–Crippen LogP) is 2.55. The van der Waals surface area contributed by atoms with Crippen LogP contribution in [0.3, 0.4) is 0 Å². The summed E-state index contributed by atoms with van der Waals surface area (Å²) in [5.41, 5.74) is 2.35. The summed E-state index contributed by atoms with van der Waals surface area (Å²) in [6.45, 7) is 3.29. The van der Waals surface area contributed by atoms with E-state index < -0.39 is 0 Å². The Morgan fingerprint density at radius 1 is 1.20 bits per heavy atom. The van der Waals surface area contributed by atoms with Crippen LogP contribution >= 0.6 is 0 Å². The lowest BCUT2D eigenvalue weighted by Crippen LogP contribution is -2.18. The second-order valence-corrected chi connectivity index (χ2v) is 4.60. The van der Waals surface area contributed by atoms with Crippen LogP contribution in [0.15, 0.2) is 41.2 Å². The van der Waals surface area contributed by atoms with Gasteiger partial charge in [-0.25, -0.2) is 0 Å². The molecule has 0 bridgehead atoms. The number of nitrogens with one attached hydrogen (secondary N) is 2. The van der Waals surface area contributed by atoms with Crippen LogP contribution in [0, 0.1) is 0 Å². The number of aromatic nitrogens is 1. The van der Waals surface area contributed by atoms with Crippen LogP contribution in [-0.4, -0.2) is 18.6 Å². The molecular formula is C16H20N2O2. The van der Waals surface area contributed by atoms with Crippen molar-refractivity contribution in [2.75, 3.05) is 13.7 Å². The summed E-state index contributed by atoms with van der Waals surface area (Å²) < 4.78 is 5.72. The van der Waals surface area contributed by atoms with Crippen LogP contribution in [-0.2, 0) is 6.54 Å². The first-order valence-corrected chi connectivity index (χ1v) is 6.85. The van der Waals surface area contributed by atoms with Crippen LogP contribution in [0.2, 0.25) is 0 Å². The second kappa shape index (κ2) is 6.91. The minimum atomic E-state index is -0.0675. The molecule has 4 heteroatoms. The van der Waals surface area contributed by atoms with E-state index in [1.807, 2.05) is 43.4 Å². The molecule has 0 aliphatic rings. The molecule has 0 atom stereocenters. The average Bonchev–Trinajstić information content (AvgIpc) is 2.48. The largest absolute Gasteiger partial charge is 0.493 e. The van der Waals surface area contributed by atoms with Gasteiger partial charge in [0.2, 0.25) is 0 Å². The van der Waals surface area contributed by atoms with Gasteiger partial charge < -0.3 is 15.0 Å². The van der Waals surface area contributed by atoms with Gasteiger partial charge in [-0.15, -0.1) is 0 Å². The van der Waals surface area contributed by atoms with Gasteiger partial charge in [0.1, 0.15) is 5.75 Å². The third-order valence-corrected chi connectivity index (χ3v) is 3.00. The topological polar surface area (TPSA) is 54.1 Å². The molecule has 0 amide bonds. The lowest BCUT2D eigenvalue weighted by molar-refractivity contribution is 0.318. The third kappa shape index (κ3) is 3.27. The minimum absolute atomic E-state index is 0.0675. The van der Waals surface area contributed by atoms with E-state index in [1.54, 1.807) is 0 Å². The number of hydrogen-bond acceptors (Lipinski definition) is 3. The standard InChI is InChI=1S/C16H20N2O2/c1-3-10-20-15-7-5-4-6-13(15)14-9-8-12(11-17-2)16(19)18-14/h4-9,17H,3,10-11H2,1-2H3,(H,18,19). The Morgan fingerprint density at radius 3 is 2.70 bits per heavy atom. The summed E-state index contributed by atoms with van der Waals surface area (Å²) in [4.78, 5) is 14.9. The fourth-order valence-corrected chi connectivity index (χ4v) is 2.02. The van der Waals surface area contributed by atoms with Gasteiger partial charge in [0.25, 0.3) is 5.56 Å². The molecule has 4 nitrogen and oxygen atoms in total. The van der Waals surface area contributed by atoms with Crippen molar-refractivity contribution >= 4 is 0 Å². The number of H-pyrrole nitrogens is 1. The maximum atomic E-state index is 12.0. The van der Waals surface area contributed by atoms with E-state index in [1.165, 1.54) is 0 Å². The third-order valence-electron chi connectivity index (χ3n) is 3.00. The molecule has 0 spiro atoms. The van der Waals surface area contributed by atoms with E-state index in [2.05, 4.69) is 17.2 Å². The number of rotatable bonds is 6. The Kier molecular flexibility index (Phi) is 4.96. The molecule has 106 valence electrons. The Hall–Kier alpha value is -2.07. The number of ether oxygens (including phenoxy) is 1. The number of pyridine rings is 1. The van der Waals surface area contributed by atoms with Gasteiger partial charge >= 0.3 is 0 Å². The van der Waals surface area contributed by atoms with E-state index in [0.717, 1.165) is 29.0 Å². The quantitative estimate of drug-likeness (QED) is 0.849. The first kappa shape index (κ1) is 14.3. The molecule has 2 rings (SSSR count).